The molecule has 1 aliphatic rings. The number of aromatic nitrogens is 2. The minimum Gasteiger partial charge on any atom is -0.393 e. The van der Waals surface area contributed by atoms with E-state index in [0.29, 0.717) is 38.2 Å². The summed E-state index contributed by atoms with van der Waals surface area (Å²) in [6, 6.07) is 7.22. The van der Waals surface area contributed by atoms with Crippen molar-refractivity contribution in [2.75, 3.05) is 31.1 Å². The third kappa shape index (κ3) is 7.42. The molecule has 1 aromatic heterocycles. The summed E-state index contributed by atoms with van der Waals surface area (Å²) in [5.74, 6) is 0.494. The van der Waals surface area contributed by atoms with E-state index in [0.717, 1.165) is 37.6 Å². The minimum absolute atomic E-state index is 0. The molecular weight excluding hydrogens is 498 g/mol. The highest BCUT2D eigenvalue weighted by molar-refractivity contribution is 14.0. The van der Waals surface area contributed by atoms with E-state index in [-0.39, 0.29) is 35.9 Å². The molecule has 0 aliphatic carbocycles. The number of halogens is 2. The molecule has 0 bridgehead atoms. The van der Waals surface area contributed by atoms with Crippen molar-refractivity contribution in [2.24, 2.45) is 4.99 Å². The average Bonchev–Trinajstić information content (AvgIpc) is 3.24. The van der Waals surface area contributed by atoms with Crippen molar-refractivity contribution >= 4 is 35.6 Å². The van der Waals surface area contributed by atoms with Gasteiger partial charge in [-0.15, -0.1) is 24.0 Å². The van der Waals surface area contributed by atoms with Crippen molar-refractivity contribution in [3.8, 4) is 0 Å². The smallest absolute Gasteiger partial charge is 0.191 e. The van der Waals surface area contributed by atoms with Crippen LogP contribution in [0.2, 0.25) is 0 Å². The molecule has 9 heteroatoms. The predicted octanol–water partition coefficient (Wildman–Crippen LogP) is 2.75. The Balaban J connectivity index is 0.00000320. The fourth-order valence-corrected chi connectivity index (χ4v) is 3.40. The summed E-state index contributed by atoms with van der Waals surface area (Å²) in [5, 5.41) is 20.3. The molecule has 0 atom stereocenters. The zero-order chi connectivity index (χ0) is 20.5. The van der Waals surface area contributed by atoms with Gasteiger partial charge in [0.05, 0.1) is 18.3 Å². The van der Waals surface area contributed by atoms with Crippen LogP contribution in [0, 0.1) is 5.82 Å². The van der Waals surface area contributed by atoms with Crippen molar-refractivity contribution < 1.29 is 9.50 Å². The van der Waals surface area contributed by atoms with Crippen molar-refractivity contribution in [3.05, 3.63) is 48.0 Å². The van der Waals surface area contributed by atoms with E-state index in [9.17, 15) is 9.50 Å². The number of benzene rings is 1. The van der Waals surface area contributed by atoms with Gasteiger partial charge in [-0.05, 0) is 49.9 Å². The SMILES string of the molecule is CCNC(=NCc1ccc(N2CCC(O)CC2)c(F)c1)NCCCn1cccn1.I. The molecular formula is C21H32FIN6O. The minimum atomic E-state index is -0.264. The predicted molar refractivity (Wildman–Crippen MR) is 129 cm³/mol. The molecule has 3 rings (SSSR count). The average molecular weight is 530 g/mol. The Hall–Kier alpha value is -1.88. The van der Waals surface area contributed by atoms with Gasteiger partial charge in [0.1, 0.15) is 5.82 Å². The number of aliphatic hydroxyl groups is 1. The molecule has 2 aromatic rings. The van der Waals surface area contributed by atoms with Gasteiger partial charge in [-0.3, -0.25) is 4.68 Å². The van der Waals surface area contributed by atoms with Crippen LogP contribution < -0.4 is 15.5 Å². The van der Waals surface area contributed by atoms with E-state index in [1.54, 1.807) is 12.3 Å². The van der Waals surface area contributed by atoms with Crippen LogP contribution in [0.15, 0.2) is 41.7 Å². The number of hydrogen-bond acceptors (Lipinski definition) is 4. The van der Waals surface area contributed by atoms with Crippen molar-refractivity contribution in [1.29, 1.82) is 0 Å². The molecule has 30 heavy (non-hydrogen) atoms. The fourth-order valence-electron chi connectivity index (χ4n) is 3.40. The lowest BCUT2D eigenvalue weighted by molar-refractivity contribution is 0.145. The molecule has 1 aromatic carbocycles. The van der Waals surface area contributed by atoms with Gasteiger partial charge in [-0.2, -0.15) is 5.10 Å². The first kappa shape index (κ1) is 24.4. The maximum atomic E-state index is 14.6. The quantitative estimate of drug-likeness (QED) is 0.212. The Kier molecular flexibility index (Phi) is 10.4. The molecule has 166 valence electrons. The lowest BCUT2D eigenvalue weighted by Crippen LogP contribution is -2.38. The van der Waals surface area contributed by atoms with E-state index < -0.39 is 0 Å². The highest BCUT2D eigenvalue weighted by Crippen LogP contribution is 2.24. The van der Waals surface area contributed by atoms with Gasteiger partial charge >= 0.3 is 0 Å². The Morgan fingerprint density at radius 2 is 2.10 bits per heavy atom. The third-order valence-electron chi connectivity index (χ3n) is 5.00. The topological polar surface area (TPSA) is 77.7 Å². The molecule has 3 N–H and O–H groups in total. The van der Waals surface area contributed by atoms with E-state index in [4.69, 9.17) is 0 Å². The van der Waals surface area contributed by atoms with E-state index in [1.165, 1.54) is 0 Å². The van der Waals surface area contributed by atoms with Gasteiger partial charge in [0, 0.05) is 45.1 Å². The molecule has 7 nitrogen and oxygen atoms in total. The van der Waals surface area contributed by atoms with Crippen molar-refractivity contribution in [3.63, 3.8) is 0 Å². The Morgan fingerprint density at radius 3 is 2.77 bits per heavy atom. The number of nitrogens with one attached hydrogen (secondary N) is 2. The number of guanidine groups is 1. The van der Waals surface area contributed by atoms with Crippen LogP contribution in [0.3, 0.4) is 0 Å². The second-order valence-electron chi connectivity index (χ2n) is 7.25. The van der Waals surface area contributed by atoms with E-state index >= 15 is 0 Å². The van der Waals surface area contributed by atoms with Crippen LogP contribution in [-0.4, -0.2) is 53.1 Å². The molecule has 2 heterocycles. The Bertz CT molecular complexity index is 778. The van der Waals surface area contributed by atoms with Gasteiger partial charge in [0.25, 0.3) is 0 Å². The van der Waals surface area contributed by atoms with Crippen molar-refractivity contribution in [1.82, 2.24) is 20.4 Å². The molecule has 1 fully saturated rings. The number of aliphatic hydroxyl groups excluding tert-OH is 1. The molecule has 1 saturated heterocycles. The van der Waals surface area contributed by atoms with Gasteiger partial charge in [-0.1, -0.05) is 6.07 Å². The number of aryl methyl sites for hydroxylation is 1. The van der Waals surface area contributed by atoms with Crippen LogP contribution in [0.1, 0.15) is 31.7 Å². The third-order valence-corrected chi connectivity index (χ3v) is 5.00. The summed E-state index contributed by atoms with van der Waals surface area (Å²) in [4.78, 5) is 6.57. The van der Waals surface area contributed by atoms with Gasteiger partial charge in [0.15, 0.2) is 5.96 Å². The maximum absolute atomic E-state index is 14.6. The fraction of sp³-hybridized carbons (Fsp3) is 0.524. The standard InChI is InChI=1S/C21H31FN6O.HI/c1-2-23-21(24-9-3-11-28-12-4-10-26-28)25-16-17-5-6-20(19(22)15-17)27-13-7-18(29)8-14-27;/h4-6,10,12,15,18,29H,2-3,7-9,11,13-14,16H2,1H3,(H2,23,24,25);1H. The summed E-state index contributed by atoms with van der Waals surface area (Å²) in [6.45, 7) is 6.18. The monoisotopic (exact) mass is 530 g/mol. The second-order valence-corrected chi connectivity index (χ2v) is 7.25. The summed E-state index contributed by atoms with van der Waals surface area (Å²) in [6.07, 6.45) is 5.76. The lowest BCUT2D eigenvalue weighted by Gasteiger charge is -2.31. The molecule has 0 radical (unpaired) electrons. The Labute approximate surface area is 194 Å². The van der Waals surface area contributed by atoms with Crippen LogP contribution >= 0.6 is 24.0 Å². The number of anilines is 1. The molecule has 0 unspecified atom stereocenters. The zero-order valence-corrected chi connectivity index (χ0v) is 19.8. The molecule has 0 amide bonds. The largest absolute Gasteiger partial charge is 0.393 e. The van der Waals surface area contributed by atoms with Gasteiger partial charge in [0.2, 0.25) is 0 Å². The second kappa shape index (κ2) is 12.7. The first-order chi connectivity index (χ1) is 14.2. The first-order valence-corrected chi connectivity index (χ1v) is 10.4. The lowest BCUT2D eigenvalue weighted by atomic mass is 10.1. The van der Waals surface area contributed by atoms with Crippen LogP contribution in [0.4, 0.5) is 10.1 Å². The van der Waals surface area contributed by atoms with Crippen molar-refractivity contribution in [2.45, 2.75) is 45.4 Å². The Morgan fingerprint density at radius 1 is 1.30 bits per heavy atom. The first-order valence-electron chi connectivity index (χ1n) is 10.4. The molecule has 1 aliphatic heterocycles. The summed E-state index contributed by atoms with van der Waals surface area (Å²) >= 11 is 0. The normalized spacial score (nSPS) is 15.0. The molecule has 0 saturated carbocycles. The summed E-state index contributed by atoms with van der Waals surface area (Å²) in [5.41, 5.74) is 1.44. The molecule has 0 spiro atoms. The van der Waals surface area contributed by atoms with Crippen LogP contribution in [0.25, 0.3) is 0 Å². The number of hydrogen-bond donors (Lipinski definition) is 3. The number of aliphatic imine (C=N–C) groups is 1. The van der Waals surface area contributed by atoms with E-state index in [1.807, 2.05) is 40.9 Å². The van der Waals surface area contributed by atoms with E-state index in [2.05, 4.69) is 20.7 Å². The summed E-state index contributed by atoms with van der Waals surface area (Å²) < 4.78 is 16.5. The maximum Gasteiger partial charge on any atom is 0.191 e. The van der Waals surface area contributed by atoms with Crippen LogP contribution in [-0.2, 0) is 13.1 Å². The highest BCUT2D eigenvalue weighted by atomic mass is 127. The number of piperidine rings is 1. The van der Waals surface area contributed by atoms with Crippen LogP contribution in [0.5, 0.6) is 0 Å². The van der Waals surface area contributed by atoms with Gasteiger partial charge < -0.3 is 20.6 Å². The zero-order valence-electron chi connectivity index (χ0n) is 17.4. The number of rotatable bonds is 8. The highest BCUT2D eigenvalue weighted by Gasteiger charge is 2.19. The summed E-state index contributed by atoms with van der Waals surface area (Å²) in [7, 11) is 0. The number of nitrogens with zero attached hydrogens (tertiary/aromatic N) is 4. The van der Waals surface area contributed by atoms with Gasteiger partial charge in [-0.25, -0.2) is 9.38 Å².